The molecule has 1 N–H and O–H groups in total. The zero-order valence-electron chi connectivity index (χ0n) is 8.97. The minimum atomic E-state index is 0.557. The van der Waals surface area contributed by atoms with Gasteiger partial charge in [0, 0.05) is 13.2 Å². The van der Waals surface area contributed by atoms with Crippen LogP contribution < -0.4 is 5.32 Å². The van der Waals surface area contributed by atoms with Gasteiger partial charge in [-0.2, -0.15) is 0 Å². The summed E-state index contributed by atoms with van der Waals surface area (Å²) in [5, 5.41) is 3.30. The highest BCUT2D eigenvalue weighted by Crippen LogP contribution is 2.62. The van der Waals surface area contributed by atoms with Gasteiger partial charge in [-0.25, -0.2) is 0 Å². The third-order valence-electron chi connectivity index (χ3n) is 4.04. The smallest absolute Gasteiger partial charge is 0.0498 e. The molecule has 0 bridgehead atoms. The van der Waals surface area contributed by atoms with Gasteiger partial charge in [-0.15, -0.1) is 0 Å². The molecule has 1 aliphatic heterocycles. The summed E-state index contributed by atoms with van der Waals surface area (Å²) in [6.07, 6.45) is 1.29. The SMILES string of the molecule is CNCC1C(C2CCOC2)C1(C)C. The van der Waals surface area contributed by atoms with E-state index in [1.165, 1.54) is 13.0 Å². The highest BCUT2D eigenvalue weighted by Gasteiger charge is 2.60. The van der Waals surface area contributed by atoms with Crippen LogP contribution in [0, 0.1) is 23.2 Å². The molecule has 0 amide bonds. The van der Waals surface area contributed by atoms with Crippen molar-refractivity contribution in [3.63, 3.8) is 0 Å². The number of rotatable bonds is 3. The average molecular weight is 183 g/mol. The predicted molar refractivity (Wildman–Crippen MR) is 53.6 cm³/mol. The molecule has 2 aliphatic rings. The van der Waals surface area contributed by atoms with Crippen LogP contribution in [0.4, 0.5) is 0 Å². The Morgan fingerprint density at radius 2 is 2.23 bits per heavy atom. The van der Waals surface area contributed by atoms with Crippen LogP contribution in [0.1, 0.15) is 20.3 Å². The highest BCUT2D eigenvalue weighted by atomic mass is 16.5. The largest absolute Gasteiger partial charge is 0.381 e. The summed E-state index contributed by atoms with van der Waals surface area (Å²) < 4.78 is 5.46. The third-order valence-corrected chi connectivity index (χ3v) is 4.04. The molecule has 1 saturated carbocycles. The second-order valence-corrected chi connectivity index (χ2v) is 5.13. The summed E-state index contributed by atoms with van der Waals surface area (Å²) in [7, 11) is 2.05. The van der Waals surface area contributed by atoms with Crippen molar-refractivity contribution in [3.05, 3.63) is 0 Å². The Morgan fingerprint density at radius 3 is 2.77 bits per heavy atom. The van der Waals surface area contributed by atoms with E-state index in [0.717, 1.165) is 31.0 Å². The minimum absolute atomic E-state index is 0.557. The van der Waals surface area contributed by atoms with Crippen molar-refractivity contribution >= 4 is 0 Å². The Bertz CT molecular complexity index is 185. The van der Waals surface area contributed by atoms with Gasteiger partial charge in [-0.1, -0.05) is 13.8 Å². The summed E-state index contributed by atoms with van der Waals surface area (Å²) in [6.45, 7) is 7.97. The van der Waals surface area contributed by atoms with E-state index in [4.69, 9.17) is 4.74 Å². The predicted octanol–water partition coefficient (Wildman–Crippen LogP) is 1.51. The molecule has 0 aromatic heterocycles. The number of hydrogen-bond acceptors (Lipinski definition) is 2. The lowest BCUT2D eigenvalue weighted by Crippen LogP contribution is -2.13. The molecule has 0 radical (unpaired) electrons. The van der Waals surface area contributed by atoms with Gasteiger partial charge in [0.1, 0.15) is 0 Å². The lowest BCUT2D eigenvalue weighted by atomic mass is 9.97. The van der Waals surface area contributed by atoms with Crippen LogP contribution in [0.15, 0.2) is 0 Å². The van der Waals surface area contributed by atoms with Crippen LogP contribution in [0.2, 0.25) is 0 Å². The first kappa shape index (κ1) is 9.47. The Morgan fingerprint density at radius 1 is 1.46 bits per heavy atom. The van der Waals surface area contributed by atoms with Gasteiger partial charge in [-0.3, -0.25) is 0 Å². The van der Waals surface area contributed by atoms with Crippen LogP contribution >= 0.6 is 0 Å². The standard InChI is InChI=1S/C11H21NO/c1-11(2)9(6-12-3)10(11)8-4-5-13-7-8/h8-10,12H,4-7H2,1-3H3. The molecule has 1 aliphatic carbocycles. The number of nitrogens with one attached hydrogen (secondary N) is 1. The summed E-state index contributed by atoms with van der Waals surface area (Å²) in [4.78, 5) is 0. The van der Waals surface area contributed by atoms with Crippen LogP contribution in [0.3, 0.4) is 0 Å². The van der Waals surface area contributed by atoms with Gasteiger partial charge in [-0.05, 0) is 43.2 Å². The minimum Gasteiger partial charge on any atom is -0.381 e. The van der Waals surface area contributed by atoms with E-state index in [9.17, 15) is 0 Å². The second-order valence-electron chi connectivity index (χ2n) is 5.13. The van der Waals surface area contributed by atoms with Gasteiger partial charge in [0.05, 0.1) is 0 Å². The zero-order chi connectivity index (χ0) is 9.47. The van der Waals surface area contributed by atoms with E-state index in [0.29, 0.717) is 5.41 Å². The van der Waals surface area contributed by atoms with Crippen molar-refractivity contribution in [2.24, 2.45) is 23.2 Å². The maximum atomic E-state index is 5.46. The van der Waals surface area contributed by atoms with E-state index in [-0.39, 0.29) is 0 Å². The van der Waals surface area contributed by atoms with Gasteiger partial charge >= 0.3 is 0 Å². The molecule has 0 aromatic rings. The third kappa shape index (κ3) is 1.50. The fourth-order valence-electron chi connectivity index (χ4n) is 3.17. The molecule has 0 spiro atoms. The Balaban J connectivity index is 1.93. The van der Waals surface area contributed by atoms with Crippen LogP contribution in [-0.2, 0) is 4.74 Å². The summed E-state index contributed by atoms with van der Waals surface area (Å²) in [5.74, 6) is 2.62. The topological polar surface area (TPSA) is 21.3 Å². The number of ether oxygens (including phenoxy) is 1. The lowest BCUT2D eigenvalue weighted by Gasteiger charge is -2.08. The molecule has 76 valence electrons. The van der Waals surface area contributed by atoms with E-state index >= 15 is 0 Å². The maximum Gasteiger partial charge on any atom is 0.0498 e. The van der Waals surface area contributed by atoms with E-state index < -0.39 is 0 Å². The molecular formula is C11H21NO. The Labute approximate surface area is 81.0 Å². The molecule has 2 fully saturated rings. The first-order valence-electron chi connectivity index (χ1n) is 5.40. The summed E-state index contributed by atoms with van der Waals surface area (Å²) in [5.41, 5.74) is 0.557. The Kier molecular flexibility index (Phi) is 2.37. The van der Waals surface area contributed by atoms with Crippen molar-refractivity contribution < 1.29 is 4.74 Å². The molecule has 2 nitrogen and oxygen atoms in total. The van der Waals surface area contributed by atoms with Gasteiger partial charge in [0.25, 0.3) is 0 Å². The lowest BCUT2D eigenvalue weighted by molar-refractivity contribution is 0.178. The van der Waals surface area contributed by atoms with Crippen molar-refractivity contribution in [3.8, 4) is 0 Å². The highest BCUT2D eigenvalue weighted by molar-refractivity contribution is 5.08. The first-order chi connectivity index (χ1) is 6.18. The van der Waals surface area contributed by atoms with E-state index in [1.807, 2.05) is 0 Å². The molecule has 3 unspecified atom stereocenters. The van der Waals surface area contributed by atoms with E-state index in [2.05, 4.69) is 26.2 Å². The quantitative estimate of drug-likeness (QED) is 0.716. The monoisotopic (exact) mass is 183 g/mol. The normalized spacial score (nSPS) is 42.2. The first-order valence-corrected chi connectivity index (χ1v) is 5.40. The molecule has 1 heterocycles. The second kappa shape index (κ2) is 3.25. The van der Waals surface area contributed by atoms with Crippen molar-refractivity contribution in [1.29, 1.82) is 0 Å². The van der Waals surface area contributed by atoms with Gasteiger partial charge in [0.2, 0.25) is 0 Å². The fraction of sp³-hybridized carbons (Fsp3) is 1.00. The fourth-order valence-corrected chi connectivity index (χ4v) is 3.17. The van der Waals surface area contributed by atoms with Crippen LogP contribution in [0.5, 0.6) is 0 Å². The van der Waals surface area contributed by atoms with Crippen molar-refractivity contribution in [2.75, 3.05) is 26.8 Å². The van der Waals surface area contributed by atoms with Crippen LogP contribution in [0.25, 0.3) is 0 Å². The molecule has 2 rings (SSSR count). The zero-order valence-corrected chi connectivity index (χ0v) is 8.97. The van der Waals surface area contributed by atoms with Crippen molar-refractivity contribution in [1.82, 2.24) is 5.32 Å². The van der Waals surface area contributed by atoms with Crippen molar-refractivity contribution in [2.45, 2.75) is 20.3 Å². The molecular weight excluding hydrogens is 162 g/mol. The molecule has 1 saturated heterocycles. The maximum absolute atomic E-state index is 5.46. The summed E-state index contributed by atoms with van der Waals surface area (Å²) >= 11 is 0. The Hall–Kier alpha value is -0.0800. The van der Waals surface area contributed by atoms with Gasteiger partial charge < -0.3 is 10.1 Å². The van der Waals surface area contributed by atoms with Crippen LogP contribution in [-0.4, -0.2) is 26.8 Å². The molecule has 3 atom stereocenters. The van der Waals surface area contributed by atoms with E-state index in [1.54, 1.807) is 0 Å². The summed E-state index contributed by atoms with van der Waals surface area (Å²) in [6, 6.07) is 0. The molecule has 2 heteroatoms. The molecule has 0 aromatic carbocycles. The number of hydrogen-bond donors (Lipinski definition) is 1. The van der Waals surface area contributed by atoms with Gasteiger partial charge in [0.15, 0.2) is 0 Å². The average Bonchev–Trinajstić information content (AvgIpc) is 2.56. The molecule has 13 heavy (non-hydrogen) atoms.